The van der Waals surface area contributed by atoms with Crippen LogP contribution in [0.2, 0.25) is 0 Å². The Morgan fingerprint density at radius 1 is 1.38 bits per heavy atom. The topological polar surface area (TPSA) is 52.0 Å². The molecule has 0 saturated carbocycles. The lowest BCUT2D eigenvalue weighted by molar-refractivity contribution is 0.0974. The Morgan fingerprint density at radius 3 is 2.86 bits per heavy atom. The molecule has 108 valence electrons. The quantitative estimate of drug-likeness (QED) is 0.646. The molecule has 0 unspecified atom stereocenters. The lowest BCUT2D eigenvalue weighted by atomic mass is 10.3. The van der Waals surface area contributed by atoms with Crippen LogP contribution in [0.4, 0.5) is 0 Å². The minimum Gasteiger partial charge on any atom is -0.291 e. The molecule has 0 radical (unpaired) electrons. The van der Waals surface area contributed by atoms with Crippen LogP contribution in [0, 0.1) is 0 Å². The molecule has 0 aliphatic heterocycles. The second kappa shape index (κ2) is 5.82. The molecule has 4 nitrogen and oxygen atoms in total. The van der Waals surface area contributed by atoms with Gasteiger partial charge in [-0.1, -0.05) is 6.92 Å². The van der Waals surface area contributed by atoms with Gasteiger partial charge in [0.25, 0.3) is 5.56 Å². The summed E-state index contributed by atoms with van der Waals surface area (Å²) in [6.45, 7) is 2.06. The number of ketones is 1. The fourth-order valence-electron chi connectivity index (χ4n) is 1.99. The Hall–Kier alpha value is -1.31. The van der Waals surface area contributed by atoms with Crippen molar-refractivity contribution in [1.29, 1.82) is 0 Å². The number of hydrogen-bond donors (Lipinski definition) is 0. The Bertz CT molecular complexity index is 879. The molecule has 0 amide bonds. The Labute approximate surface area is 137 Å². The van der Waals surface area contributed by atoms with Gasteiger partial charge in [-0.3, -0.25) is 14.2 Å². The molecule has 0 N–H and O–H groups in total. The van der Waals surface area contributed by atoms with E-state index in [0.29, 0.717) is 10.3 Å². The molecule has 3 aromatic heterocycles. The monoisotopic (exact) mass is 382 g/mol. The number of carbonyl (C=O) groups is 1. The highest BCUT2D eigenvalue weighted by atomic mass is 79.9. The van der Waals surface area contributed by atoms with Crippen LogP contribution in [0.1, 0.15) is 21.5 Å². The van der Waals surface area contributed by atoms with Gasteiger partial charge in [0.15, 0.2) is 5.78 Å². The molecule has 0 saturated heterocycles. The summed E-state index contributed by atoms with van der Waals surface area (Å²) in [5, 5.41) is 0.597. The van der Waals surface area contributed by atoms with Crippen LogP contribution in [0.25, 0.3) is 10.2 Å². The molecule has 3 heterocycles. The first-order valence-corrected chi connectivity index (χ1v) is 8.77. The molecule has 0 fully saturated rings. The fraction of sp³-hybridized carbons (Fsp3) is 0.214. The number of halogens is 1. The highest BCUT2D eigenvalue weighted by Gasteiger charge is 2.13. The van der Waals surface area contributed by atoms with Gasteiger partial charge in [0.2, 0.25) is 0 Å². The number of aryl methyl sites for hydroxylation is 1. The van der Waals surface area contributed by atoms with Gasteiger partial charge in [0.05, 0.1) is 26.9 Å². The van der Waals surface area contributed by atoms with Crippen molar-refractivity contribution in [2.75, 3.05) is 0 Å². The second-order valence-electron chi connectivity index (χ2n) is 4.49. The van der Waals surface area contributed by atoms with E-state index in [2.05, 4.69) is 20.9 Å². The average molecular weight is 383 g/mol. The van der Waals surface area contributed by atoms with Crippen molar-refractivity contribution in [3.63, 3.8) is 0 Å². The normalized spacial score (nSPS) is 11.1. The maximum Gasteiger partial charge on any atom is 0.262 e. The van der Waals surface area contributed by atoms with E-state index < -0.39 is 0 Å². The average Bonchev–Trinajstić information content (AvgIpc) is 3.08. The first-order valence-electron chi connectivity index (χ1n) is 6.35. The van der Waals surface area contributed by atoms with Crippen molar-refractivity contribution in [2.45, 2.75) is 19.9 Å². The van der Waals surface area contributed by atoms with Crippen LogP contribution >= 0.6 is 38.6 Å². The predicted octanol–water partition coefficient (Wildman–Crippen LogP) is 3.73. The zero-order chi connectivity index (χ0) is 15.0. The summed E-state index contributed by atoms with van der Waals surface area (Å²) >= 11 is 6.22. The number of hydrogen-bond acceptors (Lipinski definition) is 5. The maximum atomic E-state index is 12.4. The first-order chi connectivity index (χ1) is 10.1. The smallest absolute Gasteiger partial charge is 0.262 e. The number of aromatic nitrogens is 2. The summed E-state index contributed by atoms with van der Waals surface area (Å²) in [7, 11) is 0. The number of Topliss-reactive ketones (excluding diaryl/α,β-unsaturated/α-hetero) is 1. The van der Waals surface area contributed by atoms with Crippen molar-refractivity contribution in [2.24, 2.45) is 0 Å². The lowest BCUT2D eigenvalue weighted by Gasteiger charge is -2.02. The summed E-state index contributed by atoms with van der Waals surface area (Å²) in [5.74, 6) is -0.0834. The van der Waals surface area contributed by atoms with E-state index >= 15 is 0 Å². The number of rotatable bonds is 4. The van der Waals surface area contributed by atoms with Crippen LogP contribution in [0.5, 0.6) is 0 Å². The SMILES string of the molecule is CCc1cc2c(=O)n(CC(=O)c3ccc(Br)s3)cnc2s1. The summed E-state index contributed by atoms with van der Waals surface area (Å²) in [6, 6.07) is 5.46. The lowest BCUT2D eigenvalue weighted by Crippen LogP contribution is -2.23. The molecule has 21 heavy (non-hydrogen) atoms. The van der Waals surface area contributed by atoms with E-state index in [1.165, 1.54) is 33.6 Å². The Morgan fingerprint density at radius 2 is 2.19 bits per heavy atom. The van der Waals surface area contributed by atoms with Gasteiger partial charge in [0, 0.05) is 4.88 Å². The van der Waals surface area contributed by atoms with Crippen molar-refractivity contribution in [1.82, 2.24) is 9.55 Å². The highest BCUT2D eigenvalue weighted by Crippen LogP contribution is 2.23. The standard InChI is InChI=1S/C14H11BrN2O2S2/c1-2-8-5-9-13(20-8)16-7-17(14(9)19)6-10(18)11-3-4-12(15)21-11/h3-5,7H,2,6H2,1H3. The molecule has 0 bridgehead atoms. The number of fused-ring (bicyclic) bond motifs is 1. The van der Waals surface area contributed by atoms with Gasteiger partial charge >= 0.3 is 0 Å². The van der Waals surface area contributed by atoms with Crippen LogP contribution in [0.3, 0.4) is 0 Å². The van der Waals surface area contributed by atoms with E-state index in [0.717, 1.165) is 19.9 Å². The molecule has 0 atom stereocenters. The first kappa shape index (κ1) is 14.6. The van der Waals surface area contributed by atoms with E-state index in [9.17, 15) is 9.59 Å². The molecule has 7 heteroatoms. The van der Waals surface area contributed by atoms with Gasteiger partial charge < -0.3 is 0 Å². The number of thiophene rings is 2. The second-order valence-corrected chi connectivity index (χ2v) is 8.07. The van der Waals surface area contributed by atoms with Gasteiger partial charge in [-0.25, -0.2) is 4.98 Å². The van der Waals surface area contributed by atoms with Gasteiger partial charge in [-0.05, 0) is 40.5 Å². The molecule has 0 aliphatic rings. The van der Waals surface area contributed by atoms with Crippen LogP contribution < -0.4 is 5.56 Å². The molecule has 0 aromatic carbocycles. The Kier molecular flexibility index (Phi) is 4.05. The van der Waals surface area contributed by atoms with Gasteiger partial charge in [0.1, 0.15) is 4.83 Å². The highest BCUT2D eigenvalue weighted by molar-refractivity contribution is 9.11. The van der Waals surface area contributed by atoms with Gasteiger partial charge in [-0.2, -0.15) is 0 Å². The molecular weight excluding hydrogens is 372 g/mol. The van der Waals surface area contributed by atoms with Crippen LogP contribution in [-0.4, -0.2) is 15.3 Å². The van der Waals surface area contributed by atoms with Crippen LogP contribution in [0.15, 0.2) is 33.1 Å². The molecular formula is C14H11BrN2O2S2. The molecule has 3 rings (SSSR count). The fourth-order valence-corrected chi connectivity index (χ4v) is 4.23. The third kappa shape index (κ3) is 2.86. The third-order valence-corrected chi connectivity index (χ3v) is 5.93. The maximum absolute atomic E-state index is 12.4. The van der Waals surface area contributed by atoms with Crippen LogP contribution in [-0.2, 0) is 13.0 Å². The molecule has 0 aliphatic carbocycles. The summed E-state index contributed by atoms with van der Waals surface area (Å²) < 4.78 is 2.28. The summed E-state index contributed by atoms with van der Waals surface area (Å²) in [4.78, 5) is 31.4. The van der Waals surface area contributed by atoms with Crippen molar-refractivity contribution >= 4 is 54.6 Å². The zero-order valence-corrected chi connectivity index (χ0v) is 14.3. The van der Waals surface area contributed by atoms with Crippen molar-refractivity contribution < 1.29 is 4.79 Å². The minimum absolute atomic E-state index is 0.0199. The van der Waals surface area contributed by atoms with E-state index in [1.54, 1.807) is 6.07 Å². The summed E-state index contributed by atoms with van der Waals surface area (Å²) in [6.07, 6.45) is 2.34. The largest absolute Gasteiger partial charge is 0.291 e. The predicted molar refractivity (Wildman–Crippen MR) is 89.6 cm³/mol. The minimum atomic E-state index is -0.153. The molecule has 3 aromatic rings. The third-order valence-electron chi connectivity index (χ3n) is 3.08. The summed E-state index contributed by atoms with van der Waals surface area (Å²) in [5.41, 5.74) is -0.153. The Balaban J connectivity index is 1.95. The van der Waals surface area contributed by atoms with Gasteiger partial charge in [-0.15, -0.1) is 22.7 Å². The van der Waals surface area contributed by atoms with Crippen molar-refractivity contribution in [3.8, 4) is 0 Å². The number of nitrogens with zero attached hydrogens (tertiary/aromatic N) is 2. The number of carbonyl (C=O) groups excluding carboxylic acids is 1. The van der Waals surface area contributed by atoms with E-state index in [1.807, 2.05) is 19.1 Å². The van der Waals surface area contributed by atoms with E-state index in [4.69, 9.17) is 0 Å². The van der Waals surface area contributed by atoms with E-state index in [-0.39, 0.29) is 17.9 Å². The van der Waals surface area contributed by atoms with Crippen molar-refractivity contribution in [3.05, 3.63) is 48.4 Å². The zero-order valence-electron chi connectivity index (χ0n) is 11.1. The molecule has 0 spiro atoms.